The van der Waals surface area contributed by atoms with E-state index in [4.69, 9.17) is 16.0 Å². The molecule has 6 heavy (non-hydrogen) atoms. The van der Waals surface area contributed by atoms with Gasteiger partial charge in [-0.2, -0.15) is 0 Å². The maximum Gasteiger partial charge on any atom is 1.00 e. The van der Waals surface area contributed by atoms with E-state index in [2.05, 4.69) is 0 Å². The molecular formula is H2AsNaO4. The van der Waals surface area contributed by atoms with Gasteiger partial charge in [0, 0.05) is 0 Å². The number of hydrogen-bond acceptors (Lipinski definition) is 4. The van der Waals surface area contributed by atoms with Gasteiger partial charge >= 0.3 is 63.0 Å². The summed E-state index contributed by atoms with van der Waals surface area (Å²) in [6, 6.07) is 0. The van der Waals surface area contributed by atoms with E-state index in [-0.39, 0.29) is 32.4 Å². The van der Waals surface area contributed by atoms with Gasteiger partial charge in [-0.3, -0.25) is 0 Å². The summed E-state index contributed by atoms with van der Waals surface area (Å²) >= 11 is -5.88. The Morgan fingerprint density at radius 1 is 1.33 bits per heavy atom. The molecule has 0 rings (SSSR count). The fourth-order valence-corrected chi connectivity index (χ4v) is 0. The minimum Gasteiger partial charge on any atom is 1.00 e. The first-order valence-corrected chi connectivity index (χ1v) is 3.79. The molecule has 0 radical (unpaired) electrons. The molecule has 0 aromatic heterocycles. The molecule has 0 unspecified atom stereocenters. The predicted octanol–water partition coefficient (Wildman–Crippen LogP) is -6.84. The van der Waals surface area contributed by atoms with Crippen molar-refractivity contribution in [1.29, 1.82) is 0 Å². The minimum atomic E-state index is -5.88. The van der Waals surface area contributed by atoms with E-state index in [1.54, 1.807) is 0 Å². The smallest absolute Gasteiger partial charge is 1.00 e. The van der Waals surface area contributed by atoms with Gasteiger partial charge in [0.1, 0.15) is 0 Å². The first kappa shape index (κ1) is 10.3. The molecule has 0 saturated heterocycles. The molecule has 32 valence electrons. The Bertz CT molecular complexity index is 60.2. The third kappa shape index (κ3) is 61.4. The molecule has 4 nitrogen and oxygen atoms in total. The van der Waals surface area contributed by atoms with Crippen LogP contribution in [0, 0.1) is 0 Å². The van der Waals surface area contributed by atoms with Gasteiger partial charge in [0.2, 0.25) is 0 Å². The van der Waals surface area contributed by atoms with Crippen LogP contribution in [0.2, 0.25) is 0 Å². The SMILES string of the molecule is O=[As]([O-])([O-])[O-].[H+].[H+].[Na+]. The maximum atomic E-state index is 8.61. The maximum absolute atomic E-state index is 8.61. The fraction of sp³-hybridized carbons (Fsp3) is 0. The van der Waals surface area contributed by atoms with Gasteiger partial charge in [0.15, 0.2) is 0 Å². The largest absolute Gasteiger partial charge is 1.00 e. The van der Waals surface area contributed by atoms with Gasteiger partial charge in [0.05, 0.1) is 0 Å². The molecule has 0 saturated carbocycles. The average molecular weight is 164 g/mol. The van der Waals surface area contributed by atoms with E-state index in [1.807, 2.05) is 0 Å². The van der Waals surface area contributed by atoms with Crippen LogP contribution in [0.4, 0.5) is 0 Å². The van der Waals surface area contributed by atoms with Gasteiger partial charge < -0.3 is 0 Å². The zero-order chi connectivity index (χ0) is 4.50. The van der Waals surface area contributed by atoms with Crippen LogP contribution in [0.25, 0.3) is 0 Å². The van der Waals surface area contributed by atoms with Crippen molar-refractivity contribution in [2.45, 2.75) is 0 Å². The summed E-state index contributed by atoms with van der Waals surface area (Å²) in [5.41, 5.74) is 0. The van der Waals surface area contributed by atoms with Crippen molar-refractivity contribution < 1.29 is 48.4 Å². The molecule has 0 N–H and O–H groups in total. The van der Waals surface area contributed by atoms with Crippen molar-refractivity contribution in [3.8, 4) is 0 Å². The second kappa shape index (κ2) is 3.27. The van der Waals surface area contributed by atoms with E-state index >= 15 is 0 Å². The van der Waals surface area contributed by atoms with Crippen molar-refractivity contribution in [3.05, 3.63) is 0 Å². The molecule has 0 aliphatic rings. The summed E-state index contributed by atoms with van der Waals surface area (Å²) in [5, 5.41) is 0. The first-order valence-electron chi connectivity index (χ1n) is 0.730. The van der Waals surface area contributed by atoms with E-state index in [9.17, 15) is 0 Å². The van der Waals surface area contributed by atoms with Crippen molar-refractivity contribution in [1.82, 2.24) is 0 Å². The fourth-order valence-electron chi connectivity index (χ4n) is 0. The van der Waals surface area contributed by atoms with Crippen LogP contribution in [0.15, 0.2) is 0 Å². The normalized spacial score (nSPS) is 9.83. The molecule has 0 bridgehead atoms. The van der Waals surface area contributed by atoms with E-state index in [0.29, 0.717) is 0 Å². The second-order valence-corrected chi connectivity index (χ2v) is 2.32. The Morgan fingerprint density at radius 2 is 1.33 bits per heavy atom. The van der Waals surface area contributed by atoms with Gasteiger partial charge in [-0.25, -0.2) is 0 Å². The molecular weight excluding hydrogens is 162 g/mol. The van der Waals surface area contributed by atoms with Crippen LogP contribution in [0.3, 0.4) is 0 Å². The zero-order valence-electron chi connectivity index (χ0n) is 5.08. The molecule has 0 heterocycles. The Morgan fingerprint density at radius 3 is 1.33 bits per heavy atom. The average Bonchev–Trinajstić information content (AvgIpc) is 0.722. The minimum absolute atomic E-state index is 0. The van der Waals surface area contributed by atoms with Crippen molar-refractivity contribution in [3.63, 3.8) is 0 Å². The molecule has 0 aromatic rings. The van der Waals surface area contributed by atoms with Crippen LogP contribution in [0.1, 0.15) is 2.85 Å². The summed E-state index contributed by atoms with van der Waals surface area (Å²) in [6.07, 6.45) is 0. The summed E-state index contributed by atoms with van der Waals surface area (Å²) in [7, 11) is 0. The summed E-state index contributed by atoms with van der Waals surface area (Å²) in [5.74, 6) is 0. The Kier molecular flexibility index (Phi) is 5.59. The second-order valence-electron chi connectivity index (χ2n) is 0.447. The molecule has 6 heteroatoms. The molecule has 0 spiro atoms. The Labute approximate surface area is 62.8 Å². The molecule has 0 amide bonds. The number of rotatable bonds is 0. The number of hydrogen-bond donors (Lipinski definition) is 0. The summed E-state index contributed by atoms with van der Waals surface area (Å²) < 4.78 is 34.4. The van der Waals surface area contributed by atoms with Gasteiger partial charge in [0.25, 0.3) is 0 Å². The van der Waals surface area contributed by atoms with Crippen LogP contribution in [0.5, 0.6) is 0 Å². The van der Waals surface area contributed by atoms with Gasteiger partial charge in [-0.05, 0) is 0 Å². The predicted molar refractivity (Wildman–Crippen MR) is 8.66 cm³/mol. The van der Waals surface area contributed by atoms with Crippen LogP contribution < -0.4 is 41.8 Å². The van der Waals surface area contributed by atoms with Gasteiger partial charge in [-0.15, -0.1) is 0 Å². The quantitative estimate of drug-likeness (QED) is 0.333. The van der Waals surface area contributed by atoms with Crippen LogP contribution >= 0.6 is 0 Å². The van der Waals surface area contributed by atoms with E-state index in [0.717, 1.165) is 0 Å². The van der Waals surface area contributed by atoms with Crippen molar-refractivity contribution >= 4 is 14.5 Å². The molecule has 0 fully saturated rings. The molecule has 0 aliphatic heterocycles. The van der Waals surface area contributed by atoms with Crippen molar-refractivity contribution in [2.24, 2.45) is 0 Å². The molecule has 0 aliphatic carbocycles. The zero-order valence-corrected chi connectivity index (χ0v) is 6.96. The van der Waals surface area contributed by atoms with Gasteiger partial charge in [-0.1, -0.05) is 0 Å². The third-order valence-electron chi connectivity index (χ3n) is 0. The summed E-state index contributed by atoms with van der Waals surface area (Å²) in [4.78, 5) is 0. The Hall–Kier alpha value is 1.24. The molecule has 0 atom stereocenters. The van der Waals surface area contributed by atoms with E-state index < -0.39 is 14.5 Å². The van der Waals surface area contributed by atoms with Crippen LogP contribution in [-0.4, -0.2) is 14.5 Å². The molecule has 0 aromatic carbocycles. The topological polar surface area (TPSA) is 86.2 Å². The first-order chi connectivity index (χ1) is 2.00. The monoisotopic (exact) mass is 164 g/mol. The van der Waals surface area contributed by atoms with Crippen molar-refractivity contribution in [2.75, 3.05) is 0 Å². The summed E-state index contributed by atoms with van der Waals surface area (Å²) in [6.45, 7) is 0. The van der Waals surface area contributed by atoms with E-state index in [1.165, 1.54) is 0 Å². The van der Waals surface area contributed by atoms with Crippen LogP contribution in [-0.2, 0) is 3.74 Å². The standard InChI is InChI=1S/AsH3O4.Na/c2-1(3,4)5;/h(H3,2,3,4,5);/q;+1/p-1. The Balaban J connectivity index is -0.0000000267. The third-order valence-corrected chi connectivity index (χ3v) is 0.